The van der Waals surface area contributed by atoms with Crippen molar-refractivity contribution in [2.24, 2.45) is 0 Å². The number of fused-ring (bicyclic) bond motifs is 1. The summed E-state index contributed by atoms with van der Waals surface area (Å²) in [6, 6.07) is 10.6. The Morgan fingerprint density at radius 3 is 2.60 bits per heavy atom. The zero-order valence-electron chi connectivity index (χ0n) is 10.2. The van der Waals surface area contributed by atoms with Crippen LogP contribution < -0.4 is 5.32 Å². The highest BCUT2D eigenvalue weighted by Gasteiger charge is 2.22. The SMILES string of the molecule is O=C1Cc2cc(C(=O)c3ccc(I)cc3)c(Cl)cc2N1. The first-order valence-electron chi connectivity index (χ1n) is 5.97. The van der Waals surface area contributed by atoms with Gasteiger partial charge in [-0.25, -0.2) is 0 Å². The van der Waals surface area contributed by atoms with Gasteiger partial charge in [0.25, 0.3) is 0 Å². The van der Waals surface area contributed by atoms with Crippen molar-refractivity contribution in [1.82, 2.24) is 0 Å². The first-order chi connectivity index (χ1) is 9.54. The van der Waals surface area contributed by atoms with Crippen molar-refractivity contribution >= 4 is 51.6 Å². The monoisotopic (exact) mass is 397 g/mol. The van der Waals surface area contributed by atoms with Gasteiger partial charge in [-0.2, -0.15) is 0 Å². The summed E-state index contributed by atoms with van der Waals surface area (Å²) in [5.74, 6) is -0.205. The predicted molar refractivity (Wildman–Crippen MR) is 86.4 cm³/mol. The van der Waals surface area contributed by atoms with E-state index in [-0.39, 0.29) is 11.7 Å². The zero-order valence-corrected chi connectivity index (χ0v) is 13.2. The Morgan fingerprint density at radius 2 is 1.90 bits per heavy atom. The Morgan fingerprint density at radius 1 is 1.20 bits per heavy atom. The molecule has 0 saturated carbocycles. The summed E-state index contributed by atoms with van der Waals surface area (Å²) in [5, 5.41) is 3.07. The molecule has 1 aliphatic heterocycles. The molecule has 3 rings (SSSR count). The first-order valence-corrected chi connectivity index (χ1v) is 7.43. The van der Waals surface area contributed by atoms with E-state index in [2.05, 4.69) is 27.9 Å². The number of rotatable bonds is 2. The smallest absolute Gasteiger partial charge is 0.228 e. The minimum atomic E-state index is -0.131. The van der Waals surface area contributed by atoms with Crippen LogP contribution in [-0.4, -0.2) is 11.7 Å². The molecule has 1 amide bonds. The summed E-state index contributed by atoms with van der Waals surface area (Å²) >= 11 is 8.34. The summed E-state index contributed by atoms with van der Waals surface area (Å²) in [5.41, 5.74) is 2.53. The standard InChI is InChI=1S/C15H9ClINO2/c16-12-7-13-9(6-14(19)18-13)5-11(12)15(20)8-1-3-10(17)4-2-8/h1-5,7H,6H2,(H,18,19). The molecule has 2 aromatic rings. The van der Waals surface area contributed by atoms with E-state index in [0.717, 1.165) is 9.13 Å². The Bertz CT molecular complexity index is 725. The molecule has 0 spiro atoms. The van der Waals surface area contributed by atoms with Crippen LogP contribution in [0.5, 0.6) is 0 Å². The molecule has 0 unspecified atom stereocenters. The molecular weight excluding hydrogens is 389 g/mol. The molecule has 100 valence electrons. The van der Waals surface area contributed by atoms with Gasteiger partial charge in [0.1, 0.15) is 0 Å². The van der Waals surface area contributed by atoms with Crippen molar-refractivity contribution in [3.05, 3.63) is 61.7 Å². The van der Waals surface area contributed by atoms with Gasteiger partial charge < -0.3 is 5.32 Å². The van der Waals surface area contributed by atoms with Crippen LogP contribution in [0.1, 0.15) is 21.5 Å². The van der Waals surface area contributed by atoms with E-state index in [4.69, 9.17) is 11.6 Å². The van der Waals surface area contributed by atoms with Gasteiger partial charge in [-0.3, -0.25) is 9.59 Å². The van der Waals surface area contributed by atoms with Crippen LogP contribution in [-0.2, 0) is 11.2 Å². The van der Waals surface area contributed by atoms with E-state index in [9.17, 15) is 9.59 Å². The lowest BCUT2D eigenvalue weighted by molar-refractivity contribution is -0.115. The number of hydrogen-bond acceptors (Lipinski definition) is 2. The summed E-state index contributed by atoms with van der Waals surface area (Å²) < 4.78 is 1.06. The number of amides is 1. The third kappa shape index (κ3) is 2.45. The molecule has 1 heterocycles. The lowest BCUT2D eigenvalue weighted by Crippen LogP contribution is -2.03. The van der Waals surface area contributed by atoms with Crippen molar-refractivity contribution in [3.8, 4) is 0 Å². The van der Waals surface area contributed by atoms with Gasteiger partial charge in [-0.05, 0) is 64.6 Å². The van der Waals surface area contributed by atoms with Crippen LogP contribution in [0.2, 0.25) is 5.02 Å². The molecule has 0 atom stereocenters. The molecule has 2 aromatic carbocycles. The van der Waals surface area contributed by atoms with Crippen LogP contribution in [0, 0.1) is 3.57 Å². The van der Waals surface area contributed by atoms with E-state index in [0.29, 0.717) is 28.3 Å². The maximum atomic E-state index is 12.5. The Kier molecular flexibility index (Phi) is 3.52. The van der Waals surface area contributed by atoms with E-state index in [1.54, 1.807) is 24.3 Å². The fourth-order valence-electron chi connectivity index (χ4n) is 2.18. The Balaban J connectivity index is 2.02. The maximum absolute atomic E-state index is 12.5. The first kappa shape index (κ1) is 13.6. The summed E-state index contributed by atoms with van der Waals surface area (Å²) in [4.78, 5) is 23.8. The van der Waals surface area contributed by atoms with E-state index in [1.807, 2.05) is 12.1 Å². The van der Waals surface area contributed by atoms with E-state index < -0.39 is 0 Å². The third-order valence-corrected chi connectivity index (χ3v) is 4.20. The largest absolute Gasteiger partial charge is 0.325 e. The number of anilines is 1. The highest BCUT2D eigenvalue weighted by atomic mass is 127. The van der Waals surface area contributed by atoms with E-state index in [1.165, 1.54) is 0 Å². The number of benzene rings is 2. The summed E-state index contributed by atoms with van der Waals surface area (Å²) in [6.45, 7) is 0. The molecule has 0 bridgehead atoms. The Hall–Kier alpha value is -1.40. The normalized spacial score (nSPS) is 13.0. The van der Waals surface area contributed by atoms with Crippen molar-refractivity contribution in [2.75, 3.05) is 5.32 Å². The van der Waals surface area contributed by atoms with Crippen LogP contribution in [0.3, 0.4) is 0 Å². The second-order valence-corrected chi connectivity index (χ2v) is 6.20. The van der Waals surface area contributed by atoms with Gasteiger partial charge in [0, 0.05) is 20.4 Å². The number of ketones is 1. The average Bonchev–Trinajstić information content (AvgIpc) is 2.77. The molecule has 0 aromatic heterocycles. The predicted octanol–water partition coefficient (Wildman–Crippen LogP) is 3.67. The van der Waals surface area contributed by atoms with Crippen LogP contribution in [0.4, 0.5) is 5.69 Å². The number of hydrogen-bond donors (Lipinski definition) is 1. The molecule has 5 heteroatoms. The van der Waals surface area contributed by atoms with Crippen LogP contribution in [0.15, 0.2) is 36.4 Å². The van der Waals surface area contributed by atoms with Crippen molar-refractivity contribution in [3.63, 3.8) is 0 Å². The number of nitrogens with one attached hydrogen (secondary N) is 1. The van der Waals surface area contributed by atoms with Gasteiger partial charge in [-0.1, -0.05) is 11.6 Å². The third-order valence-electron chi connectivity index (χ3n) is 3.17. The molecule has 0 fully saturated rings. The molecule has 0 radical (unpaired) electrons. The van der Waals surface area contributed by atoms with Gasteiger partial charge in [-0.15, -0.1) is 0 Å². The molecule has 1 aliphatic rings. The topological polar surface area (TPSA) is 46.2 Å². The summed E-state index contributed by atoms with van der Waals surface area (Å²) in [7, 11) is 0. The fourth-order valence-corrected chi connectivity index (χ4v) is 2.79. The van der Waals surface area contributed by atoms with Gasteiger partial charge in [0.2, 0.25) is 5.91 Å². The lowest BCUT2D eigenvalue weighted by atomic mass is 10.00. The molecule has 0 saturated heterocycles. The second kappa shape index (κ2) is 5.18. The Labute approximate surface area is 134 Å². The molecular formula is C15H9ClINO2. The molecule has 3 nitrogen and oxygen atoms in total. The van der Waals surface area contributed by atoms with Gasteiger partial charge >= 0.3 is 0 Å². The van der Waals surface area contributed by atoms with Crippen molar-refractivity contribution < 1.29 is 9.59 Å². The minimum Gasteiger partial charge on any atom is -0.325 e. The van der Waals surface area contributed by atoms with Crippen LogP contribution >= 0.6 is 34.2 Å². The number of carbonyl (C=O) groups is 2. The van der Waals surface area contributed by atoms with Gasteiger partial charge in [0.15, 0.2) is 5.78 Å². The summed E-state index contributed by atoms with van der Waals surface area (Å²) in [6.07, 6.45) is 0.291. The van der Waals surface area contributed by atoms with E-state index >= 15 is 0 Å². The molecule has 0 aliphatic carbocycles. The number of carbonyl (C=O) groups excluding carboxylic acids is 2. The van der Waals surface area contributed by atoms with Crippen molar-refractivity contribution in [1.29, 1.82) is 0 Å². The van der Waals surface area contributed by atoms with Crippen LogP contribution in [0.25, 0.3) is 0 Å². The fraction of sp³-hybridized carbons (Fsp3) is 0.0667. The quantitative estimate of drug-likeness (QED) is 0.621. The average molecular weight is 398 g/mol. The number of halogens is 2. The molecule has 20 heavy (non-hydrogen) atoms. The highest BCUT2D eigenvalue weighted by Crippen LogP contribution is 2.31. The van der Waals surface area contributed by atoms with Gasteiger partial charge in [0.05, 0.1) is 11.4 Å². The second-order valence-electron chi connectivity index (χ2n) is 4.55. The minimum absolute atomic E-state index is 0.0741. The zero-order chi connectivity index (χ0) is 14.3. The lowest BCUT2D eigenvalue weighted by Gasteiger charge is -2.07. The maximum Gasteiger partial charge on any atom is 0.228 e. The highest BCUT2D eigenvalue weighted by molar-refractivity contribution is 14.1. The van der Waals surface area contributed by atoms with Crippen molar-refractivity contribution in [2.45, 2.75) is 6.42 Å². The molecule has 1 N–H and O–H groups in total.